The van der Waals surface area contributed by atoms with Crippen LogP contribution in [0.4, 0.5) is 11.4 Å². The number of amides is 2. The van der Waals surface area contributed by atoms with E-state index in [2.05, 4.69) is 0 Å². The maximum absolute atomic E-state index is 13.6. The second-order valence-corrected chi connectivity index (χ2v) is 8.15. The third-order valence-corrected chi connectivity index (χ3v) is 5.68. The molecule has 0 N–H and O–H groups in total. The van der Waals surface area contributed by atoms with E-state index in [0.29, 0.717) is 41.7 Å². The van der Waals surface area contributed by atoms with Gasteiger partial charge >= 0.3 is 0 Å². The fraction of sp³-hybridized carbons (Fsp3) is 0.179. The zero-order valence-corrected chi connectivity index (χ0v) is 20.5. The van der Waals surface area contributed by atoms with Gasteiger partial charge in [-0.05, 0) is 73.6 Å². The molecule has 3 aromatic carbocycles. The molecule has 7 heteroatoms. The third kappa shape index (κ3) is 5.10. The summed E-state index contributed by atoms with van der Waals surface area (Å²) in [5.74, 6) is 0.210. The van der Waals surface area contributed by atoms with Crippen molar-refractivity contribution < 1.29 is 19.1 Å². The van der Waals surface area contributed by atoms with E-state index < -0.39 is 11.8 Å². The number of anilines is 2. The number of carbonyl (C=O) groups excluding carboxylic acids is 2. The number of thiocarbonyl (C=S) groups is 1. The molecule has 3 aromatic rings. The van der Waals surface area contributed by atoms with Crippen LogP contribution in [0.3, 0.4) is 0 Å². The quantitative estimate of drug-likeness (QED) is 0.235. The van der Waals surface area contributed by atoms with Crippen molar-refractivity contribution in [2.45, 2.75) is 20.3 Å². The molecule has 0 atom stereocenters. The Kier molecular flexibility index (Phi) is 7.57. The molecule has 1 heterocycles. The molecule has 1 aliphatic heterocycles. The van der Waals surface area contributed by atoms with Gasteiger partial charge in [0.2, 0.25) is 0 Å². The summed E-state index contributed by atoms with van der Waals surface area (Å²) in [7, 11) is 0. The van der Waals surface area contributed by atoms with Crippen molar-refractivity contribution in [3.05, 3.63) is 90.0 Å². The fourth-order valence-electron chi connectivity index (χ4n) is 3.72. The van der Waals surface area contributed by atoms with Gasteiger partial charge in [0, 0.05) is 0 Å². The summed E-state index contributed by atoms with van der Waals surface area (Å²) < 4.78 is 11.5. The van der Waals surface area contributed by atoms with E-state index in [4.69, 9.17) is 21.7 Å². The molecule has 0 bridgehead atoms. The van der Waals surface area contributed by atoms with Crippen LogP contribution >= 0.6 is 12.2 Å². The summed E-state index contributed by atoms with van der Waals surface area (Å²) in [6.45, 7) is 4.94. The molecule has 0 aliphatic carbocycles. The zero-order chi connectivity index (χ0) is 24.8. The Morgan fingerprint density at radius 3 is 1.86 bits per heavy atom. The van der Waals surface area contributed by atoms with Gasteiger partial charge in [-0.2, -0.15) is 0 Å². The molecule has 4 rings (SSSR count). The zero-order valence-electron chi connectivity index (χ0n) is 19.6. The molecule has 35 heavy (non-hydrogen) atoms. The third-order valence-electron chi connectivity index (χ3n) is 5.32. The summed E-state index contributed by atoms with van der Waals surface area (Å²) >= 11 is 5.64. The highest BCUT2D eigenvalue weighted by molar-refractivity contribution is 7.81. The van der Waals surface area contributed by atoms with Gasteiger partial charge in [-0.1, -0.05) is 49.4 Å². The second kappa shape index (κ2) is 11.0. The molecule has 1 fully saturated rings. The van der Waals surface area contributed by atoms with Gasteiger partial charge in [0.15, 0.2) is 16.6 Å². The van der Waals surface area contributed by atoms with Crippen LogP contribution in [-0.2, 0) is 9.59 Å². The molecule has 1 aliphatic rings. The first kappa shape index (κ1) is 24.2. The van der Waals surface area contributed by atoms with Crippen LogP contribution in [-0.4, -0.2) is 30.1 Å². The van der Waals surface area contributed by atoms with Gasteiger partial charge < -0.3 is 9.47 Å². The highest BCUT2D eigenvalue weighted by Crippen LogP contribution is 2.32. The molecule has 0 radical (unpaired) electrons. The minimum Gasteiger partial charge on any atom is -0.490 e. The first-order valence-electron chi connectivity index (χ1n) is 11.5. The van der Waals surface area contributed by atoms with Crippen LogP contribution < -0.4 is 19.3 Å². The van der Waals surface area contributed by atoms with Gasteiger partial charge in [-0.3, -0.25) is 19.4 Å². The predicted molar refractivity (Wildman–Crippen MR) is 142 cm³/mol. The molecular weight excluding hydrogens is 460 g/mol. The lowest BCUT2D eigenvalue weighted by Crippen LogP contribution is -2.56. The van der Waals surface area contributed by atoms with E-state index in [-0.39, 0.29) is 10.7 Å². The van der Waals surface area contributed by atoms with Crippen molar-refractivity contribution in [1.29, 1.82) is 0 Å². The molecule has 2 amide bonds. The number of carbonyl (C=O) groups is 2. The van der Waals surface area contributed by atoms with Crippen LogP contribution in [0.15, 0.2) is 84.4 Å². The van der Waals surface area contributed by atoms with Gasteiger partial charge in [-0.25, -0.2) is 0 Å². The number of hydrogen-bond acceptors (Lipinski definition) is 5. The van der Waals surface area contributed by atoms with Crippen LogP contribution in [0, 0.1) is 0 Å². The molecule has 1 saturated heterocycles. The lowest BCUT2D eigenvalue weighted by atomic mass is 10.0. The Hall–Kier alpha value is -3.97. The van der Waals surface area contributed by atoms with E-state index in [0.717, 1.165) is 6.42 Å². The highest BCUT2D eigenvalue weighted by atomic mass is 32.1. The number of benzene rings is 3. The fourth-order valence-corrected chi connectivity index (χ4v) is 4.10. The van der Waals surface area contributed by atoms with Crippen LogP contribution in [0.1, 0.15) is 25.8 Å². The molecule has 0 saturated carbocycles. The summed E-state index contributed by atoms with van der Waals surface area (Å²) in [5, 5.41) is 0.105. The average molecular weight is 487 g/mol. The Balaban J connectivity index is 1.80. The summed E-state index contributed by atoms with van der Waals surface area (Å²) in [6, 6.07) is 23.5. The summed E-state index contributed by atoms with van der Waals surface area (Å²) in [4.78, 5) is 30.0. The maximum atomic E-state index is 13.6. The van der Waals surface area contributed by atoms with Crippen LogP contribution in [0.5, 0.6) is 11.5 Å². The van der Waals surface area contributed by atoms with Gasteiger partial charge in [0.25, 0.3) is 11.8 Å². The Bertz CT molecular complexity index is 1190. The van der Waals surface area contributed by atoms with Crippen molar-refractivity contribution in [3.8, 4) is 11.5 Å². The van der Waals surface area contributed by atoms with Crippen LogP contribution in [0.2, 0.25) is 0 Å². The first-order valence-corrected chi connectivity index (χ1v) is 11.9. The van der Waals surface area contributed by atoms with Crippen molar-refractivity contribution in [2.75, 3.05) is 23.0 Å². The second-order valence-electron chi connectivity index (χ2n) is 7.78. The largest absolute Gasteiger partial charge is 0.490 e. The van der Waals surface area contributed by atoms with E-state index in [1.54, 1.807) is 48.5 Å². The van der Waals surface area contributed by atoms with E-state index in [1.165, 1.54) is 9.80 Å². The number of para-hydroxylation sites is 2. The maximum Gasteiger partial charge on any atom is 0.270 e. The Labute approximate surface area is 210 Å². The minimum absolute atomic E-state index is 0.00372. The Morgan fingerprint density at radius 2 is 1.34 bits per heavy atom. The SMILES string of the molecule is CCCOc1ccc(C=C2C(=O)N(c3ccccc3)C(=S)N(c3ccccc3)C2=O)cc1OCC. The van der Waals surface area contributed by atoms with Gasteiger partial charge in [-0.15, -0.1) is 0 Å². The van der Waals surface area contributed by atoms with Gasteiger partial charge in [0.1, 0.15) is 5.57 Å². The predicted octanol–water partition coefficient (Wildman–Crippen LogP) is 5.62. The molecular formula is C28H26N2O4S. The monoisotopic (exact) mass is 486 g/mol. The Morgan fingerprint density at radius 1 is 0.771 bits per heavy atom. The molecule has 6 nitrogen and oxygen atoms in total. The van der Waals surface area contributed by atoms with E-state index >= 15 is 0 Å². The highest BCUT2D eigenvalue weighted by Gasteiger charge is 2.41. The summed E-state index contributed by atoms with van der Waals surface area (Å²) in [5.41, 5.74) is 1.80. The van der Waals surface area contributed by atoms with Crippen molar-refractivity contribution in [2.24, 2.45) is 0 Å². The smallest absolute Gasteiger partial charge is 0.270 e. The molecule has 178 valence electrons. The number of rotatable bonds is 8. The first-order chi connectivity index (χ1) is 17.0. The van der Waals surface area contributed by atoms with Crippen molar-refractivity contribution in [1.82, 2.24) is 0 Å². The van der Waals surface area contributed by atoms with Crippen LogP contribution in [0.25, 0.3) is 6.08 Å². The molecule has 0 spiro atoms. The minimum atomic E-state index is -0.484. The number of hydrogen-bond donors (Lipinski definition) is 0. The number of ether oxygens (including phenoxy) is 2. The van der Waals surface area contributed by atoms with E-state index in [1.807, 2.05) is 50.2 Å². The standard InChI is InChI=1S/C28H26N2O4S/c1-3-17-34-24-16-15-20(19-25(24)33-4-2)18-23-26(31)29(21-11-7-5-8-12-21)28(35)30(27(23)32)22-13-9-6-10-14-22/h5-16,18-19H,3-4,17H2,1-2H3. The van der Waals surface area contributed by atoms with Crippen molar-refractivity contribution >= 4 is 46.6 Å². The number of nitrogens with zero attached hydrogens (tertiary/aromatic N) is 2. The molecule has 0 unspecified atom stereocenters. The van der Waals surface area contributed by atoms with Gasteiger partial charge in [0.05, 0.1) is 24.6 Å². The topological polar surface area (TPSA) is 59.1 Å². The van der Waals surface area contributed by atoms with Crippen molar-refractivity contribution in [3.63, 3.8) is 0 Å². The molecule has 0 aromatic heterocycles. The average Bonchev–Trinajstić information content (AvgIpc) is 2.87. The lowest BCUT2D eigenvalue weighted by Gasteiger charge is -2.36. The van der Waals surface area contributed by atoms with E-state index in [9.17, 15) is 9.59 Å². The summed E-state index contributed by atoms with van der Waals surface area (Å²) in [6.07, 6.45) is 2.44. The lowest BCUT2D eigenvalue weighted by molar-refractivity contribution is -0.120. The normalized spacial score (nSPS) is 13.8.